The van der Waals surface area contributed by atoms with Crippen LogP contribution in [0.1, 0.15) is 54.5 Å². The van der Waals surface area contributed by atoms with Gasteiger partial charge in [-0.15, -0.1) is 11.3 Å². The number of aryl methyl sites for hydroxylation is 3. The first kappa shape index (κ1) is 21.9. The van der Waals surface area contributed by atoms with Gasteiger partial charge in [-0.05, 0) is 39.8 Å². The van der Waals surface area contributed by atoms with E-state index in [1.54, 1.807) is 39.8 Å². The van der Waals surface area contributed by atoms with Crippen LogP contribution in [0.25, 0.3) is 0 Å². The molecule has 3 aromatic heterocycles. The molecule has 4 heterocycles. The zero-order valence-corrected chi connectivity index (χ0v) is 19.3. The molecule has 11 heteroatoms. The van der Waals surface area contributed by atoms with E-state index in [9.17, 15) is 19.5 Å². The third-order valence-corrected chi connectivity index (χ3v) is 7.04. The monoisotopic (exact) mass is 473 g/mol. The van der Waals surface area contributed by atoms with Gasteiger partial charge >= 0.3 is 5.97 Å². The predicted molar refractivity (Wildman–Crippen MR) is 117 cm³/mol. The standard InChI is InChI=1S/C21H19N3O6S2/c1-5-29-20(28)18-10(3)23-21(32-18)24-14(12-7-6-8-30-12)13(16(26)19(24)27)15(25)17-9(2)22-11(4)31-17/h6-8,14,26H,5H2,1-4H3. The molecule has 1 amide bonds. The van der Waals surface area contributed by atoms with Crippen LogP contribution < -0.4 is 4.90 Å². The van der Waals surface area contributed by atoms with Gasteiger partial charge in [0.15, 0.2) is 10.9 Å². The molecule has 1 aliphatic rings. The summed E-state index contributed by atoms with van der Waals surface area (Å²) >= 11 is 2.13. The molecule has 1 aliphatic heterocycles. The van der Waals surface area contributed by atoms with Gasteiger partial charge in [-0.1, -0.05) is 11.3 Å². The second-order valence-electron chi connectivity index (χ2n) is 6.96. The number of ketones is 1. The molecule has 0 saturated heterocycles. The molecule has 9 nitrogen and oxygen atoms in total. The zero-order chi connectivity index (χ0) is 23.2. The summed E-state index contributed by atoms with van der Waals surface area (Å²) in [7, 11) is 0. The molecule has 0 aromatic carbocycles. The number of rotatable bonds is 6. The Bertz CT molecular complexity index is 1250. The minimum Gasteiger partial charge on any atom is -0.503 e. The number of Topliss-reactive ketones (excluding diaryl/α,β-unsaturated/α-hetero) is 1. The highest BCUT2D eigenvalue weighted by Gasteiger charge is 2.48. The van der Waals surface area contributed by atoms with E-state index in [1.807, 2.05) is 0 Å². The number of ether oxygens (including phenoxy) is 1. The Morgan fingerprint density at radius 3 is 2.50 bits per heavy atom. The van der Waals surface area contributed by atoms with Crippen LogP contribution in [0, 0.1) is 20.8 Å². The lowest BCUT2D eigenvalue weighted by atomic mass is 10.00. The van der Waals surface area contributed by atoms with Crippen LogP contribution in [0.15, 0.2) is 34.1 Å². The molecular weight excluding hydrogens is 454 g/mol. The summed E-state index contributed by atoms with van der Waals surface area (Å²) in [5, 5.41) is 11.6. The number of amides is 1. The van der Waals surface area contributed by atoms with Gasteiger partial charge in [0.2, 0.25) is 5.78 Å². The normalized spacial score (nSPS) is 16.2. The molecule has 0 fully saturated rings. The molecule has 1 N–H and O–H groups in total. The molecule has 0 bridgehead atoms. The van der Waals surface area contributed by atoms with Crippen molar-refractivity contribution in [3.63, 3.8) is 0 Å². The SMILES string of the molecule is CCOC(=O)c1sc(N2C(=O)C(O)=C(C(=O)c3sc(C)nc3C)C2c2ccco2)nc1C. The molecule has 1 atom stereocenters. The van der Waals surface area contributed by atoms with E-state index >= 15 is 0 Å². The number of aromatic nitrogens is 2. The summed E-state index contributed by atoms with van der Waals surface area (Å²) in [5.74, 6) is -2.29. The largest absolute Gasteiger partial charge is 0.503 e. The van der Waals surface area contributed by atoms with Gasteiger partial charge in [0, 0.05) is 0 Å². The second kappa shape index (κ2) is 8.32. The molecule has 3 aromatic rings. The number of nitrogens with zero attached hydrogens (tertiary/aromatic N) is 3. The fourth-order valence-corrected chi connectivity index (χ4v) is 5.35. The lowest BCUT2D eigenvalue weighted by molar-refractivity contribution is -0.117. The van der Waals surface area contributed by atoms with Crippen LogP contribution in [0.3, 0.4) is 0 Å². The molecule has 166 valence electrons. The summed E-state index contributed by atoms with van der Waals surface area (Å²) in [6.45, 7) is 6.97. The van der Waals surface area contributed by atoms with Crippen molar-refractivity contribution in [2.24, 2.45) is 0 Å². The summed E-state index contributed by atoms with van der Waals surface area (Å²) in [6.07, 6.45) is 1.41. The first-order valence-electron chi connectivity index (χ1n) is 9.67. The number of hydrogen-bond donors (Lipinski definition) is 1. The maximum atomic E-state index is 13.4. The Morgan fingerprint density at radius 2 is 1.91 bits per heavy atom. The summed E-state index contributed by atoms with van der Waals surface area (Å²) in [6, 6.07) is 2.18. The summed E-state index contributed by atoms with van der Waals surface area (Å²) in [5.41, 5.74) is 0.765. The van der Waals surface area contributed by atoms with Crippen LogP contribution in [-0.4, -0.2) is 39.3 Å². The van der Waals surface area contributed by atoms with Crippen LogP contribution in [0.4, 0.5) is 5.13 Å². The quantitative estimate of drug-likeness (QED) is 0.420. The van der Waals surface area contributed by atoms with Gasteiger partial charge in [-0.2, -0.15) is 0 Å². The van der Waals surface area contributed by atoms with E-state index in [0.29, 0.717) is 21.3 Å². The molecule has 32 heavy (non-hydrogen) atoms. The van der Waals surface area contributed by atoms with E-state index in [0.717, 1.165) is 11.3 Å². The van der Waals surface area contributed by atoms with Gasteiger partial charge in [-0.3, -0.25) is 14.5 Å². The number of anilines is 1. The smallest absolute Gasteiger partial charge is 0.350 e. The molecule has 1 unspecified atom stereocenters. The number of carbonyl (C=O) groups excluding carboxylic acids is 3. The van der Waals surface area contributed by atoms with Crippen molar-refractivity contribution in [1.29, 1.82) is 0 Å². The predicted octanol–water partition coefficient (Wildman–Crippen LogP) is 4.08. The molecule has 0 spiro atoms. The number of thiazole rings is 2. The van der Waals surface area contributed by atoms with Gasteiger partial charge in [-0.25, -0.2) is 14.8 Å². The molecular formula is C21H19N3O6S2. The van der Waals surface area contributed by atoms with E-state index < -0.39 is 29.5 Å². The lowest BCUT2D eigenvalue weighted by Crippen LogP contribution is -2.30. The maximum Gasteiger partial charge on any atom is 0.350 e. The first-order chi connectivity index (χ1) is 15.2. The van der Waals surface area contributed by atoms with Crippen LogP contribution in [-0.2, 0) is 9.53 Å². The summed E-state index contributed by atoms with van der Waals surface area (Å²) in [4.78, 5) is 49.2. The van der Waals surface area contributed by atoms with Crippen molar-refractivity contribution in [3.05, 3.63) is 61.6 Å². The van der Waals surface area contributed by atoms with E-state index in [-0.39, 0.29) is 27.9 Å². The third-order valence-electron chi connectivity index (χ3n) is 4.83. The number of aliphatic hydroxyl groups excluding tert-OH is 1. The fraction of sp³-hybridized carbons (Fsp3) is 0.286. The highest BCUT2D eigenvalue weighted by atomic mass is 32.1. The number of esters is 1. The topological polar surface area (TPSA) is 123 Å². The Kier molecular flexibility index (Phi) is 5.70. The van der Waals surface area contributed by atoms with Crippen molar-refractivity contribution in [3.8, 4) is 0 Å². The number of aliphatic hydroxyl groups is 1. The van der Waals surface area contributed by atoms with E-state index in [2.05, 4.69) is 9.97 Å². The number of furan rings is 1. The minimum atomic E-state index is -1.05. The van der Waals surface area contributed by atoms with Crippen molar-refractivity contribution in [2.45, 2.75) is 33.7 Å². The lowest BCUT2D eigenvalue weighted by Gasteiger charge is -2.22. The van der Waals surface area contributed by atoms with Crippen molar-refractivity contribution >= 4 is 45.5 Å². The number of hydrogen-bond acceptors (Lipinski definition) is 10. The van der Waals surface area contributed by atoms with Gasteiger partial charge < -0.3 is 14.3 Å². The van der Waals surface area contributed by atoms with E-state index in [1.165, 1.54) is 22.5 Å². The van der Waals surface area contributed by atoms with Crippen molar-refractivity contribution in [1.82, 2.24) is 9.97 Å². The van der Waals surface area contributed by atoms with Crippen LogP contribution in [0.5, 0.6) is 0 Å². The number of carbonyl (C=O) groups is 3. The second-order valence-corrected chi connectivity index (χ2v) is 9.14. The average Bonchev–Trinajstić information content (AvgIpc) is 3.50. The molecule has 4 rings (SSSR count). The van der Waals surface area contributed by atoms with Gasteiger partial charge in [0.1, 0.15) is 16.7 Å². The van der Waals surface area contributed by atoms with Gasteiger partial charge in [0.25, 0.3) is 5.91 Å². The average molecular weight is 474 g/mol. The molecule has 0 aliphatic carbocycles. The Hall–Kier alpha value is -3.31. The Morgan fingerprint density at radius 1 is 1.19 bits per heavy atom. The Labute approximate surface area is 191 Å². The molecule has 0 saturated carbocycles. The minimum absolute atomic E-state index is 0.123. The third kappa shape index (κ3) is 3.53. The van der Waals surface area contributed by atoms with Crippen LogP contribution in [0.2, 0.25) is 0 Å². The highest BCUT2D eigenvalue weighted by molar-refractivity contribution is 7.17. The van der Waals surface area contributed by atoms with Crippen LogP contribution >= 0.6 is 22.7 Å². The maximum absolute atomic E-state index is 13.4. The van der Waals surface area contributed by atoms with Crippen molar-refractivity contribution in [2.75, 3.05) is 11.5 Å². The Balaban J connectivity index is 1.83. The molecule has 0 radical (unpaired) electrons. The zero-order valence-electron chi connectivity index (χ0n) is 17.7. The first-order valence-corrected chi connectivity index (χ1v) is 11.3. The highest BCUT2D eigenvalue weighted by Crippen LogP contribution is 2.44. The van der Waals surface area contributed by atoms with Gasteiger partial charge in [0.05, 0.1) is 39.7 Å². The summed E-state index contributed by atoms with van der Waals surface area (Å²) < 4.78 is 10.6. The fourth-order valence-electron chi connectivity index (χ4n) is 3.49. The van der Waals surface area contributed by atoms with E-state index in [4.69, 9.17) is 9.15 Å². The van der Waals surface area contributed by atoms with Crippen molar-refractivity contribution < 1.29 is 28.6 Å².